The molecule has 0 spiro atoms. The molecule has 16 heteroatoms. The Labute approximate surface area is 241 Å². The largest absolute Gasteiger partial charge is 0.508 e. The topological polar surface area (TPSA) is 269 Å². The van der Waals surface area contributed by atoms with Crippen molar-refractivity contribution in [3.05, 3.63) is 40.6 Å². The van der Waals surface area contributed by atoms with Gasteiger partial charge in [0, 0.05) is 11.6 Å². The van der Waals surface area contributed by atoms with Gasteiger partial charge in [-0.15, -0.1) is 0 Å². The summed E-state index contributed by atoms with van der Waals surface area (Å²) >= 11 is 0. The third kappa shape index (κ3) is 5.44. The van der Waals surface area contributed by atoms with Gasteiger partial charge in [0.05, 0.1) is 12.7 Å². The molecule has 43 heavy (non-hydrogen) atoms. The smallest absolute Gasteiger partial charge is 0.239 e. The Morgan fingerprint density at radius 3 is 2.02 bits per heavy atom. The van der Waals surface area contributed by atoms with Gasteiger partial charge in [0.2, 0.25) is 29.5 Å². The summed E-state index contributed by atoms with van der Waals surface area (Å²) in [6, 6.07) is 5.87. The highest BCUT2D eigenvalue weighted by molar-refractivity contribution is 5.93. The average Bonchev–Trinajstić information content (AvgIpc) is 2.98. The second kappa shape index (κ2) is 11.8. The van der Waals surface area contributed by atoms with Crippen molar-refractivity contribution in [2.24, 2.45) is 0 Å². The molecule has 0 aliphatic carbocycles. The maximum Gasteiger partial charge on any atom is 0.239 e. The Balaban J connectivity index is 1.63. The van der Waals surface area contributed by atoms with Crippen molar-refractivity contribution in [3.8, 4) is 40.1 Å². The molecule has 10 atom stereocenters. The van der Waals surface area contributed by atoms with Gasteiger partial charge < -0.3 is 74.4 Å². The molecule has 3 aromatic rings. The highest BCUT2D eigenvalue weighted by atomic mass is 16.7. The average molecular weight is 611 g/mol. The third-order valence-electron chi connectivity index (χ3n) is 7.31. The molecule has 2 saturated heterocycles. The monoisotopic (exact) mass is 610 g/mol. The van der Waals surface area contributed by atoms with E-state index in [0.29, 0.717) is 0 Å². The molecule has 2 aliphatic heterocycles. The number of rotatable bonds is 6. The number of ether oxygens (including phenoxy) is 4. The molecule has 5 rings (SSSR count). The van der Waals surface area contributed by atoms with Gasteiger partial charge in [-0.1, -0.05) is 0 Å². The van der Waals surface area contributed by atoms with Gasteiger partial charge >= 0.3 is 0 Å². The van der Waals surface area contributed by atoms with Gasteiger partial charge in [0.1, 0.15) is 59.6 Å². The maximum absolute atomic E-state index is 13.7. The fourth-order valence-electron chi connectivity index (χ4n) is 4.81. The number of fused-ring (bicyclic) bond motifs is 1. The summed E-state index contributed by atoms with van der Waals surface area (Å²) in [5, 5.41) is 102. The van der Waals surface area contributed by atoms with Crippen molar-refractivity contribution in [3.63, 3.8) is 0 Å². The molecule has 2 aliphatic rings. The van der Waals surface area contributed by atoms with E-state index in [0.717, 1.165) is 6.07 Å². The first-order chi connectivity index (χ1) is 20.3. The number of phenols is 3. The summed E-state index contributed by atoms with van der Waals surface area (Å²) in [6.45, 7) is 0.612. The van der Waals surface area contributed by atoms with Crippen LogP contribution in [0.3, 0.4) is 0 Å². The highest BCUT2D eigenvalue weighted by Gasteiger charge is 2.46. The van der Waals surface area contributed by atoms with E-state index in [1.807, 2.05) is 0 Å². The van der Waals surface area contributed by atoms with Crippen LogP contribution in [0, 0.1) is 0 Å². The molecule has 0 radical (unpaired) electrons. The molecule has 0 amide bonds. The van der Waals surface area contributed by atoms with Crippen molar-refractivity contribution in [1.82, 2.24) is 0 Å². The summed E-state index contributed by atoms with van der Waals surface area (Å²) in [5.41, 5.74) is -1.66. The van der Waals surface area contributed by atoms with Crippen molar-refractivity contribution < 1.29 is 74.4 Å². The molecule has 2 fully saturated rings. The van der Waals surface area contributed by atoms with E-state index in [1.54, 1.807) is 0 Å². The molecule has 0 bridgehead atoms. The van der Waals surface area contributed by atoms with Crippen LogP contribution in [0.4, 0.5) is 0 Å². The Morgan fingerprint density at radius 2 is 1.40 bits per heavy atom. The van der Waals surface area contributed by atoms with Crippen LogP contribution in [-0.2, 0) is 9.47 Å². The predicted octanol–water partition coefficient (Wildman–Crippen LogP) is -2.04. The van der Waals surface area contributed by atoms with Crippen molar-refractivity contribution in [2.45, 2.75) is 68.3 Å². The first kappa shape index (κ1) is 30.7. The normalized spacial score (nSPS) is 32.9. The number of hydrogen-bond donors (Lipinski definition) is 10. The molecule has 234 valence electrons. The van der Waals surface area contributed by atoms with Crippen molar-refractivity contribution in [1.29, 1.82) is 0 Å². The summed E-state index contributed by atoms with van der Waals surface area (Å²) in [4.78, 5) is 13.7. The lowest BCUT2D eigenvalue weighted by Crippen LogP contribution is -2.60. The Hall–Kier alpha value is -3.71. The fraction of sp³-hybridized carbons (Fsp3) is 0.444. The van der Waals surface area contributed by atoms with Gasteiger partial charge in [-0.2, -0.15) is 0 Å². The van der Waals surface area contributed by atoms with Crippen LogP contribution in [0.25, 0.3) is 22.3 Å². The summed E-state index contributed by atoms with van der Waals surface area (Å²) < 4.78 is 27.6. The van der Waals surface area contributed by atoms with Crippen LogP contribution in [0.15, 0.2) is 39.5 Å². The first-order valence-electron chi connectivity index (χ1n) is 13.0. The second-order valence-electron chi connectivity index (χ2n) is 10.2. The second-order valence-corrected chi connectivity index (χ2v) is 10.2. The number of hydrogen-bond acceptors (Lipinski definition) is 16. The molecular weight excluding hydrogens is 580 g/mol. The molecule has 16 nitrogen and oxygen atoms in total. The molecule has 0 saturated carbocycles. The van der Waals surface area contributed by atoms with Gasteiger partial charge in [0.25, 0.3) is 0 Å². The summed E-state index contributed by atoms with van der Waals surface area (Å²) in [7, 11) is 0. The van der Waals surface area contributed by atoms with Crippen LogP contribution in [-0.4, -0.2) is 119 Å². The molecule has 10 N–H and O–H groups in total. The van der Waals surface area contributed by atoms with E-state index in [1.165, 1.54) is 31.2 Å². The molecule has 1 aromatic heterocycles. The zero-order chi connectivity index (χ0) is 31.3. The fourth-order valence-corrected chi connectivity index (χ4v) is 4.81. The molecule has 3 heterocycles. The van der Waals surface area contributed by atoms with E-state index in [4.69, 9.17) is 23.4 Å². The van der Waals surface area contributed by atoms with Gasteiger partial charge in [-0.25, -0.2) is 0 Å². The van der Waals surface area contributed by atoms with E-state index < -0.39 is 113 Å². The van der Waals surface area contributed by atoms with Crippen LogP contribution in [0.1, 0.15) is 6.92 Å². The molecular formula is C27H30O16. The molecule has 2 aromatic carbocycles. The SMILES string of the molecule is C[C@H]1O[C@H](Oc2cc(O)c3c(=O)c(O[C@H]4O[C@@H](CO)[C@H](O)[C@@H](O)[C@@H]4O)c(-c4ccc(O)cc4)oc3c2O)[C@@H](O)[C@@H](O)[C@@H]1O. The van der Waals surface area contributed by atoms with E-state index in [-0.39, 0.29) is 11.3 Å². The maximum atomic E-state index is 13.7. The van der Waals surface area contributed by atoms with Crippen LogP contribution < -0.4 is 14.9 Å². The Bertz CT molecular complexity index is 1520. The Kier molecular flexibility index (Phi) is 8.41. The van der Waals surface area contributed by atoms with Crippen LogP contribution >= 0.6 is 0 Å². The lowest BCUT2D eigenvalue weighted by atomic mass is 9.99. The van der Waals surface area contributed by atoms with Gasteiger partial charge in [-0.05, 0) is 31.2 Å². The van der Waals surface area contributed by atoms with Crippen LogP contribution in [0.5, 0.6) is 28.7 Å². The number of aromatic hydroxyl groups is 3. The number of phenolic OH excluding ortho intramolecular Hbond substituents is 3. The van der Waals surface area contributed by atoms with Crippen molar-refractivity contribution in [2.75, 3.05) is 6.61 Å². The van der Waals surface area contributed by atoms with Crippen molar-refractivity contribution >= 4 is 11.0 Å². The summed E-state index contributed by atoms with van der Waals surface area (Å²) in [6.07, 6.45) is -16.2. The van der Waals surface area contributed by atoms with Gasteiger partial charge in [-0.3, -0.25) is 4.79 Å². The predicted molar refractivity (Wildman–Crippen MR) is 140 cm³/mol. The van der Waals surface area contributed by atoms with E-state index in [9.17, 15) is 55.9 Å². The number of aliphatic hydroxyl groups is 7. The lowest BCUT2D eigenvalue weighted by molar-refractivity contribution is -0.277. The highest BCUT2D eigenvalue weighted by Crippen LogP contribution is 2.44. The first-order valence-corrected chi connectivity index (χ1v) is 13.0. The zero-order valence-corrected chi connectivity index (χ0v) is 22.3. The minimum atomic E-state index is -1.92. The van der Waals surface area contributed by atoms with E-state index >= 15 is 0 Å². The zero-order valence-electron chi connectivity index (χ0n) is 22.3. The van der Waals surface area contributed by atoms with Gasteiger partial charge in [0.15, 0.2) is 17.1 Å². The Morgan fingerprint density at radius 1 is 0.791 bits per heavy atom. The van der Waals surface area contributed by atoms with Crippen LogP contribution in [0.2, 0.25) is 0 Å². The third-order valence-corrected chi connectivity index (χ3v) is 7.31. The number of benzene rings is 2. The minimum absolute atomic E-state index is 0.0820. The number of aliphatic hydroxyl groups excluding tert-OH is 7. The molecule has 0 unspecified atom stereocenters. The standard InChI is InChI=1S/C27H30O16/c1-8-15(31)19(35)21(37)26(39-8)40-12-6-11(30)14-18(34)25(43-27-22(38)20(36)16(32)13(7-28)41-27)23(42-24(14)17(12)33)9-2-4-10(29)5-3-9/h2-6,8,13,15-16,19-22,26-33,35-38H,7H2,1H3/t8-,13+,15-,16+,19+,20-,21+,22+,26-,27-/m1/s1. The minimum Gasteiger partial charge on any atom is -0.508 e. The lowest BCUT2D eigenvalue weighted by Gasteiger charge is -2.39. The quantitative estimate of drug-likeness (QED) is 0.135. The van der Waals surface area contributed by atoms with E-state index in [2.05, 4.69) is 0 Å². The summed E-state index contributed by atoms with van der Waals surface area (Å²) in [5.74, 6) is -3.48.